The fourth-order valence-corrected chi connectivity index (χ4v) is 5.17. The van der Waals surface area contributed by atoms with Crippen LogP contribution in [0, 0.1) is 0 Å². The number of thioether (sulfide) groups is 1. The molecule has 6 heteroatoms. The molecule has 0 N–H and O–H groups in total. The highest BCUT2D eigenvalue weighted by atomic mass is 35.5. The van der Waals surface area contributed by atoms with E-state index < -0.39 is 0 Å². The second kappa shape index (κ2) is 11.0. The highest BCUT2D eigenvalue weighted by Gasteiger charge is 2.34. The lowest BCUT2D eigenvalue weighted by Crippen LogP contribution is -2.29. The molecule has 0 spiro atoms. The van der Waals surface area contributed by atoms with Crippen LogP contribution in [-0.2, 0) is 17.8 Å². The highest BCUT2D eigenvalue weighted by Crippen LogP contribution is 2.37. The molecule has 0 unspecified atom stereocenters. The molecule has 180 valence electrons. The van der Waals surface area contributed by atoms with Gasteiger partial charge in [0.2, 0.25) is 0 Å². The van der Waals surface area contributed by atoms with Crippen molar-refractivity contribution in [1.29, 1.82) is 0 Å². The Labute approximate surface area is 219 Å². The van der Waals surface area contributed by atoms with Crippen LogP contribution in [0.3, 0.4) is 0 Å². The molecular weight excluding hydrogens is 490 g/mol. The van der Waals surface area contributed by atoms with E-state index in [1.165, 1.54) is 10.5 Å². The molecule has 4 aromatic rings. The summed E-state index contributed by atoms with van der Waals surface area (Å²) in [5.41, 5.74) is 2.97. The largest absolute Gasteiger partial charge is 0.488 e. The summed E-state index contributed by atoms with van der Waals surface area (Å²) in [5, 5.41) is 2.43. The number of fused-ring (bicyclic) bond motifs is 1. The SMILES string of the molecule is O=C1S/C(=C/c2c(OCc3ccc(Cl)cc3)ccc3ccccc23)C(=O)N1CCCc1ccccc1. The van der Waals surface area contributed by atoms with Gasteiger partial charge in [-0.05, 0) is 70.8 Å². The third-order valence-electron chi connectivity index (χ3n) is 6.08. The second-order valence-corrected chi connectivity index (χ2v) is 9.97. The maximum atomic E-state index is 13.2. The van der Waals surface area contributed by atoms with Gasteiger partial charge in [0.1, 0.15) is 12.4 Å². The van der Waals surface area contributed by atoms with E-state index in [1.54, 1.807) is 6.08 Å². The summed E-state index contributed by atoms with van der Waals surface area (Å²) < 4.78 is 6.18. The van der Waals surface area contributed by atoms with Crippen LogP contribution in [0.25, 0.3) is 16.8 Å². The zero-order valence-corrected chi connectivity index (χ0v) is 21.1. The summed E-state index contributed by atoms with van der Waals surface area (Å²) in [6, 6.07) is 29.4. The Bertz CT molecular complexity index is 1430. The van der Waals surface area contributed by atoms with Gasteiger partial charge in [0, 0.05) is 17.1 Å². The predicted octanol–water partition coefficient (Wildman–Crippen LogP) is 7.74. The average Bonchev–Trinajstić information content (AvgIpc) is 3.17. The van der Waals surface area contributed by atoms with Crippen molar-refractivity contribution in [2.75, 3.05) is 6.54 Å². The number of ether oxygens (including phenoxy) is 1. The number of aryl methyl sites for hydroxylation is 1. The van der Waals surface area contributed by atoms with Gasteiger partial charge >= 0.3 is 0 Å². The number of benzene rings is 4. The summed E-state index contributed by atoms with van der Waals surface area (Å²) in [6.45, 7) is 0.754. The summed E-state index contributed by atoms with van der Waals surface area (Å²) in [6.07, 6.45) is 3.33. The van der Waals surface area contributed by atoms with E-state index in [9.17, 15) is 9.59 Å². The molecule has 1 heterocycles. The zero-order valence-electron chi connectivity index (χ0n) is 19.5. The number of carbonyl (C=O) groups excluding carboxylic acids is 2. The van der Waals surface area contributed by atoms with Gasteiger partial charge in [0.15, 0.2) is 0 Å². The summed E-state index contributed by atoms with van der Waals surface area (Å²) in [7, 11) is 0. The van der Waals surface area contributed by atoms with Gasteiger partial charge in [0.05, 0.1) is 4.91 Å². The van der Waals surface area contributed by atoms with Crippen LogP contribution in [0.1, 0.15) is 23.1 Å². The molecular formula is C30H24ClNO3S. The van der Waals surface area contributed by atoms with E-state index in [-0.39, 0.29) is 11.1 Å². The lowest BCUT2D eigenvalue weighted by atomic mass is 10.0. The lowest BCUT2D eigenvalue weighted by molar-refractivity contribution is -0.122. The topological polar surface area (TPSA) is 46.6 Å². The minimum absolute atomic E-state index is 0.233. The molecule has 2 amide bonds. The number of hydrogen-bond acceptors (Lipinski definition) is 4. The minimum atomic E-state index is -0.255. The van der Waals surface area contributed by atoms with Crippen molar-refractivity contribution in [3.8, 4) is 5.75 Å². The van der Waals surface area contributed by atoms with Gasteiger partial charge in [-0.15, -0.1) is 0 Å². The summed E-state index contributed by atoms with van der Waals surface area (Å²) >= 11 is 6.98. The minimum Gasteiger partial charge on any atom is -0.488 e. The van der Waals surface area contributed by atoms with Crippen molar-refractivity contribution in [2.24, 2.45) is 0 Å². The zero-order chi connectivity index (χ0) is 24.9. The average molecular weight is 514 g/mol. The van der Waals surface area contributed by atoms with Gasteiger partial charge in [-0.25, -0.2) is 0 Å². The first-order valence-electron chi connectivity index (χ1n) is 11.8. The Kier molecular flexibility index (Phi) is 7.40. The molecule has 4 nitrogen and oxygen atoms in total. The van der Waals surface area contributed by atoms with E-state index >= 15 is 0 Å². The van der Waals surface area contributed by atoms with Gasteiger partial charge in [0.25, 0.3) is 11.1 Å². The van der Waals surface area contributed by atoms with E-state index in [1.807, 2.05) is 78.9 Å². The summed E-state index contributed by atoms with van der Waals surface area (Å²) in [4.78, 5) is 27.6. The van der Waals surface area contributed by atoms with Gasteiger partial charge in [-0.2, -0.15) is 0 Å². The number of carbonyl (C=O) groups is 2. The Hall–Kier alpha value is -3.54. The molecule has 4 aromatic carbocycles. The Morgan fingerprint density at radius 2 is 1.58 bits per heavy atom. The van der Waals surface area contributed by atoms with Crippen molar-refractivity contribution in [3.05, 3.63) is 118 Å². The number of halogens is 1. The van der Waals surface area contributed by atoms with Crippen LogP contribution >= 0.6 is 23.4 Å². The molecule has 0 saturated carbocycles. The normalized spacial score (nSPS) is 14.7. The Morgan fingerprint density at radius 1 is 0.833 bits per heavy atom. The third-order valence-corrected chi connectivity index (χ3v) is 7.24. The number of nitrogens with zero attached hydrogens (tertiary/aromatic N) is 1. The molecule has 1 fully saturated rings. The second-order valence-electron chi connectivity index (χ2n) is 8.54. The van der Waals surface area contributed by atoms with Crippen molar-refractivity contribution in [2.45, 2.75) is 19.4 Å². The van der Waals surface area contributed by atoms with Crippen molar-refractivity contribution in [1.82, 2.24) is 4.90 Å². The fourth-order valence-electron chi connectivity index (χ4n) is 4.20. The maximum Gasteiger partial charge on any atom is 0.293 e. The quantitative estimate of drug-likeness (QED) is 0.226. The number of rotatable bonds is 8. The smallest absolute Gasteiger partial charge is 0.293 e. The van der Waals surface area contributed by atoms with Crippen LogP contribution < -0.4 is 4.74 Å². The molecule has 0 aromatic heterocycles. The molecule has 1 aliphatic rings. The number of amides is 2. The first kappa shape index (κ1) is 24.2. The monoisotopic (exact) mass is 513 g/mol. The van der Waals surface area contributed by atoms with E-state index in [2.05, 4.69) is 12.1 Å². The van der Waals surface area contributed by atoms with Gasteiger partial charge in [-0.3, -0.25) is 14.5 Å². The van der Waals surface area contributed by atoms with E-state index in [0.717, 1.165) is 46.5 Å². The van der Waals surface area contributed by atoms with E-state index in [4.69, 9.17) is 16.3 Å². The summed E-state index contributed by atoms with van der Waals surface area (Å²) in [5.74, 6) is 0.397. The molecule has 0 aliphatic carbocycles. The molecule has 0 atom stereocenters. The van der Waals surface area contributed by atoms with Crippen molar-refractivity contribution in [3.63, 3.8) is 0 Å². The first-order chi connectivity index (χ1) is 17.6. The molecule has 0 radical (unpaired) electrons. The van der Waals surface area contributed by atoms with Crippen LogP contribution in [0.2, 0.25) is 5.02 Å². The molecule has 1 aliphatic heterocycles. The lowest BCUT2D eigenvalue weighted by Gasteiger charge is -2.13. The maximum absolute atomic E-state index is 13.2. The van der Waals surface area contributed by atoms with Gasteiger partial charge < -0.3 is 4.74 Å². The fraction of sp³-hybridized carbons (Fsp3) is 0.133. The van der Waals surface area contributed by atoms with E-state index in [0.29, 0.717) is 28.8 Å². The van der Waals surface area contributed by atoms with Crippen LogP contribution in [0.4, 0.5) is 4.79 Å². The first-order valence-corrected chi connectivity index (χ1v) is 13.0. The third kappa shape index (κ3) is 5.48. The number of imide groups is 1. The number of hydrogen-bond donors (Lipinski definition) is 0. The molecule has 5 rings (SSSR count). The van der Waals surface area contributed by atoms with Crippen LogP contribution in [0.5, 0.6) is 5.75 Å². The molecule has 1 saturated heterocycles. The standard InChI is InChI=1S/C30H24ClNO3S/c31-24-15-12-22(13-16-24)20-35-27-17-14-23-10-4-5-11-25(23)26(27)19-28-29(33)32(30(34)36-28)18-6-9-21-7-2-1-3-8-21/h1-5,7-8,10-17,19H,6,9,18,20H2/b28-19+. The highest BCUT2D eigenvalue weighted by molar-refractivity contribution is 8.18. The van der Waals surface area contributed by atoms with Gasteiger partial charge in [-0.1, -0.05) is 84.4 Å². The van der Waals surface area contributed by atoms with Crippen LogP contribution in [-0.4, -0.2) is 22.6 Å². The molecule has 36 heavy (non-hydrogen) atoms. The Morgan fingerprint density at radius 3 is 2.39 bits per heavy atom. The van der Waals surface area contributed by atoms with Crippen molar-refractivity contribution >= 4 is 51.4 Å². The Balaban J connectivity index is 1.38. The molecule has 0 bridgehead atoms. The van der Waals surface area contributed by atoms with Crippen LogP contribution in [0.15, 0.2) is 95.9 Å². The van der Waals surface area contributed by atoms with Crippen molar-refractivity contribution < 1.29 is 14.3 Å². The predicted molar refractivity (Wildman–Crippen MR) is 147 cm³/mol.